The molecular formula is C20H29FN4O2S. The maximum absolute atomic E-state index is 13.4. The van der Waals surface area contributed by atoms with Crippen LogP contribution < -0.4 is 10.6 Å². The fourth-order valence-corrected chi connectivity index (χ4v) is 4.66. The van der Waals surface area contributed by atoms with Gasteiger partial charge in [0.2, 0.25) is 5.91 Å². The Kier molecular flexibility index (Phi) is 7.42. The number of hydrogen-bond acceptors (Lipinski definition) is 4. The fourth-order valence-electron chi connectivity index (χ4n) is 3.76. The van der Waals surface area contributed by atoms with Crippen molar-refractivity contribution in [2.75, 3.05) is 31.6 Å². The molecule has 2 aliphatic rings. The van der Waals surface area contributed by atoms with Crippen LogP contribution in [0, 0.1) is 11.7 Å². The lowest BCUT2D eigenvalue weighted by Crippen LogP contribution is -2.47. The summed E-state index contributed by atoms with van der Waals surface area (Å²) in [6.45, 7) is 2.18. The number of halogens is 1. The molecule has 3 N–H and O–H groups in total. The number of amides is 1. The van der Waals surface area contributed by atoms with E-state index in [1.54, 1.807) is 13.1 Å². The van der Waals surface area contributed by atoms with Crippen LogP contribution in [0.2, 0.25) is 0 Å². The van der Waals surface area contributed by atoms with Gasteiger partial charge in [-0.05, 0) is 43.4 Å². The molecule has 1 heterocycles. The standard InChI is InChI=1S/C20H29FN4O2S/c1-22-20(23-13-14-2-7-18(26)17(21)12-14)24-16-5-3-15(4-6-16)19(27)25-8-10-28-11-9-25/h2,7,12,15-16,26H,3-6,8-11,13H2,1H3,(H2,22,23,24). The van der Waals surface area contributed by atoms with Crippen molar-refractivity contribution in [3.63, 3.8) is 0 Å². The van der Waals surface area contributed by atoms with Crippen LogP contribution >= 0.6 is 11.8 Å². The normalized spacial score (nSPS) is 23.4. The van der Waals surface area contributed by atoms with Crippen molar-refractivity contribution in [2.24, 2.45) is 10.9 Å². The van der Waals surface area contributed by atoms with E-state index in [4.69, 9.17) is 0 Å². The van der Waals surface area contributed by atoms with Crippen LogP contribution in [0.5, 0.6) is 5.75 Å². The number of aromatic hydroxyl groups is 1. The molecule has 1 amide bonds. The molecule has 1 aromatic carbocycles. The molecule has 0 bridgehead atoms. The summed E-state index contributed by atoms with van der Waals surface area (Å²) in [6, 6.07) is 4.62. The van der Waals surface area contributed by atoms with Gasteiger partial charge in [-0.25, -0.2) is 4.39 Å². The lowest BCUT2D eigenvalue weighted by molar-refractivity contribution is -0.136. The second-order valence-corrected chi connectivity index (χ2v) is 8.57. The summed E-state index contributed by atoms with van der Waals surface area (Å²) in [5.41, 5.74) is 0.729. The zero-order chi connectivity index (χ0) is 19.9. The molecule has 0 spiro atoms. The van der Waals surface area contributed by atoms with Crippen molar-refractivity contribution in [1.29, 1.82) is 0 Å². The number of nitrogens with one attached hydrogen (secondary N) is 2. The summed E-state index contributed by atoms with van der Waals surface area (Å²) in [6.07, 6.45) is 3.68. The van der Waals surface area contributed by atoms with Gasteiger partial charge in [0, 0.05) is 50.1 Å². The maximum Gasteiger partial charge on any atom is 0.225 e. The number of nitrogens with zero attached hydrogens (tertiary/aromatic N) is 2. The summed E-state index contributed by atoms with van der Waals surface area (Å²) in [4.78, 5) is 18.9. The molecule has 3 rings (SSSR count). The molecule has 154 valence electrons. The van der Waals surface area contributed by atoms with Crippen LogP contribution in [0.25, 0.3) is 0 Å². The first-order valence-corrected chi connectivity index (χ1v) is 11.0. The van der Waals surface area contributed by atoms with Gasteiger partial charge in [0.25, 0.3) is 0 Å². The van der Waals surface area contributed by atoms with E-state index in [9.17, 15) is 14.3 Å². The molecule has 8 heteroatoms. The molecular weight excluding hydrogens is 379 g/mol. The predicted octanol–water partition coefficient (Wildman–Crippen LogP) is 2.33. The summed E-state index contributed by atoms with van der Waals surface area (Å²) in [5, 5.41) is 15.9. The van der Waals surface area contributed by atoms with Crippen LogP contribution in [-0.2, 0) is 11.3 Å². The molecule has 2 fully saturated rings. The van der Waals surface area contributed by atoms with E-state index in [1.165, 1.54) is 12.1 Å². The topological polar surface area (TPSA) is 77.0 Å². The van der Waals surface area contributed by atoms with Crippen LogP contribution in [0.4, 0.5) is 4.39 Å². The molecule has 0 atom stereocenters. The fraction of sp³-hybridized carbons (Fsp3) is 0.600. The van der Waals surface area contributed by atoms with Crippen molar-refractivity contribution in [2.45, 2.75) is 38.3 Å². The number of phenolic OH excluding ortho intramolecular Hbond substituents is 1. The second-order valence-electron chi connectivity index (χ2n) is 7.34. The molecule has 1 aliphatic carbocycles. The number of phenols is 1. The van der Waals surface area contributed by atoms with Crippen LogP contribution in [-0.4, -0.2) is 59.6 Å². The van der Waals surface area contributed by atoms with E-state index in [1.807, 2.05) is 16.7 Å². The number of thioether (sulfide) groups is 1. The van der Waals surface area contributed by atoms with Gasteiger partial charge in [-0.3, -0.25) is 9.79 Å². The monoisotopic (exact) mass is 408 g/mol. The Morgan fingerprint density at radius 1 is 1.29 bits per heavy atom. The minimum Gasteiger partial charge on any atom is -0.505 e. The molecule has 28 heavy (non-hydrogen) atoms. The van der Waals surface area contributed by atoms with Crippen molar-refractivity contribution in [3.8, 4) is 5.75 Å². The zero-order valence-corrected chi connectivity index (χ0v) is 17.1. The van der Waals surface area contributed by atoms with Gasteiger partial charge in [0.15, 0.2) is 17.5 Å². The van der Waals surface area contributed by atoms with Gasteiger partial charge in [-0.2, -0.15) is 11.8 Å². The Morgan fingerprint density at radius 2 is 2.00 bits per heavy atom. The number of guanidine groups is 1. The van der Waals surface area contributed by atoms with Gasteiger partial charge in [-0.1, -0.05) is 6.07 Å². The molecule has 1 saturated carbocycles. The van der Waals surface area contributed by atoms with E-state index >= 15 is 0 Å². The summed E-state index contributed by atoms with van der Waals surface area (Å²) < 4.78 is 13.4. The Hall–Kier alpha value is -1.96. The first kappa shape index (κ1) is 20.8. The van der Waals surface area contributed by atoms with Crippen molar-refractivity contribution in [3.05, 3.63) is 29.6 Å². The van der Waals surface area contributed by atoms with Crippen LogP contribution in [0.3, 0.4) is 0 Å². The molecule has 0 aromatic heterocycles. The smallest absolute Gasteiger partial charge is 0.225 e. The number of rotatable bonds is 4. The predicted molar refractivity (Wildman–Crippen MR) is 111 cm³/mol. The number of aliphatic imine (C=N–C) groups is 1. The molecule has 1 saturated heterocycles. The number of carbonyl (C=O) groups excluding carboxylic acids is 1. The number of carbonyl (C=O) groups is 1. The number of hydrogen-bond donors (Lipinski definition) is 3. The van der Waals surface area contributed by atoms with Gasteiger partial charge in [0.05, 0.1) is 0 Å². The third-order valence-electron chi connectivity index (χ3n) is 5.44. The highest BCUT2D eigenvalue weighted by Crippen LogP contribution is 2.27. The number of benzene rings is 1. The first-order chi connectivity index (χ1) is 13.6. The van der Waals surface area contributed by atoms with E-state index in [0.717, 1.165) is 55.8 Å². The van der Waals surface area contributed by atoms with Gasteiger partial charge >= 0.3 is 0 Å². The molecule has 1 aromatic rings. The molecule has 1 aliphatic heterocycles. The summed E-state index contributed by atoms with van der Waals surface area (Å²) in [5.74, 6) is 2.27. The minimum atomic E-state index is -0.627. The highest BCUT2D eigenvalue weighted by atomic mass is 32.2. The Morgan fingerprint density at radius 3 is 2.64 bits per heavy atom. The molecule has 0 radical (unpaired) electrons. The summed E-state index contributed by atoms with van der Waals surface area (Å²) in [7, 11) is 1.70. The Bertz CT molecular complexity index is 701. The van der Waals surface area contributed by atoms with Crippen molar-refractivity contribution in [1.82, 2.24) is 15.5 Å². The van der Waals surface area contributed by atoms with Crippen LogP contribution in [0.1, 0.15) is 31.2 Å². The molecule has 6 nitrogen and oxygen atoms in total. The molecule has 0 unspecified atom stereocenters. The lowest BCUT2D eigenvalue weighted by Gasteiger charge is -2.34. The highest BCUT2D eigenvalue weighted by Gasteiger charge is 2.30. The third-order valence-corrected chi connectivity index (χ3v) is 6.38. The lowest BCUT2D eigenvalue weighted by atomic mass is 9.85. The van der Waals surface area contributed by atoms with Crippen molar-refractivity contribution < 1.29 is 14.3 Å². The Balaban J connectivity index is 1.43. The third kappa shape index (κ3) is 5.53. The van der Waals surface area contributed by atoms with E-state index in [0.29, 0.717) is 18.4 Å². The van der Waals surface area contributed by atoms with Gasteiger partial charge in [-0.15, -0.1) is 0 Å². The van der Waals surface area contributed by atoms with E-state index < -0.39 is 5.82 Å². The maximum atomic E-state index is 13.4. The van der Waals surface area contributed by atoms with Gasteiger partial charge < -0.3 is 20.6 Å². The van der Waals surface area contributed by atoms with E-state index in [-0.39, 0.29) is 17.7 Å². The quantitative estimate of drug-likeness (QED) is 0.527. The summed E-state index contributed by atoms with van der Waals surface area (Å²) >= 11 is 1.92. The Labute approximate surface area is 170 Å². The minimum absolute atomic E-state index is 0.149. The first-order valence-electron chi connectivity index (χ1n) is 9.88. The van der Waals surface area contributed by atoms with Crippen LogP contribution in [0.15, 0.2) is 23.2 Å². The SMILES string of the molecule is CN=C(NCc1ccc(O)c(F)c1)NC1CCC(C(=O)N2CCSCC2)CC1. The highest BCUT2D eigenvalue weighted by molar-refractivity contribution is 7.99. The second kappa shape index (κ2) is 10.0. The average Bonchev–Trinajstić information content (AvgIpc) is 2.74. The zero-order valence-electron chi connectivity index (χ0n) is 16.3. The van der Waals surface area contributed by atoms with Gasteiger partial charge in [0.1, 0.15) is 0 Å². The largest absolute Gasteiger partial charge is 0.505 e. The van der Waals surface area contributed by atoms with Crippen molar-refractivity contribution >= 4 is 23.6 Å². The average molecular weight is 409 g/mol. The van der Waals surface area contributed by atoms with E-state index in [2.05, 4.69) is 15.6 Å².